The first-order valence-electron chi connectivity index (χ1n) is 9.82. The predicted octanol–water partition coefficient (Wildman–Crippen LogP) is 2.51. The van der Waals surface area contributed by atoms with Crippen LogP contribution in [0.2, 0.25) is 0 Å². The number of aliphatic hydroxyl groups excluding tert-OH is 1. The molecule has 0 bridgehead atoms. The number of aliphatic hydroxyl groups is 1. The van der Waals surface area contributed by atoms with Crippen molar-refractivity contribution in [3.63, 3.8) is 0 Å². The van der Waals surface area contributed by atoms with E-state index in [0.29, 0.717) is 29.2 Å². The molecule has 1 aliphatic carbocycles. The van der Waals surface area contributed by atoms with Crippen LogP contribution in [0.3, 0.4) is 0 Å². The first-order chi connectivity index (χ1) is 14.9. The number of carbonyl (C=O) groups is 1. The lowest BCUT2D eigenvalue weighted by molar-refractivity contribution is -0.149. The molecule has 0 saturated carbocycles. The molecule has 0 radical (unpaired) electrons. The molecule has 0 heterocycles. The van der Waals surface area contributed by atoms with Crippen molar-refractivity contribution in [1.29, 1.82) is 0 Å². The number of phenols is 1. The Morgan fingerprint density at radius 2 is 1.65 bits per heavy atom. The minimum Gasteiger partial charge on any atom is -0.504 e. The van der Waals surface area contributed by atoms with Gasteiger partial charge in [0.2, 0.25) is 5.75 Å². The maximum absolute atomic E-state index is 12.9. The molecule has 2 N–H and O–H groups in total. The Hall–Kier alpha value is -3.13. The Bertz CT molecular complexity index is 955. The largest absolute Gasteiger partial charge is 0.504 e. The van der Waals surface area contributed by atoms with Crippen molar-refractivity contribution in [2.24, 2.45) is 11.8 Å². The molecule has 2 aromatic carbocycles. The topological polar surface area (TPSA) is 104 Å². The summed E-state index contributed by atoms with van der Waals surface area (Å²) in [7, 11) is 7.36. The maximum Gasteiger partial charge on any atom is 0.310 e. The molecular weight excluding hydrogens is 404 g/mol. The number of ether oxygens (including phenoxy) is 5. The smallest absolute Gasteiger partial charge is 0.310 e. The SMILES string of the molecule is COC(=O)[C@H]1[C@H](CO)Cc2cc(OC)c(OC)c(OC)c2[C@@H]1c1ccc(O)c(OC)c1. The fraction of sp³-hybridized carbons (Fsp3) is 0.435. The highest BCUT2D eigenvalue weighted by Gasteiger charge is 2.45. The van der Waals surface area contributed by atoms with Crippen LogP contribution < -0.4 is 18.9 Å². The third-order valence-corrected chi connectivity index (χ3v) is 5.88. The van der Waals surface area contributed by atoms with E-state index >= 15 is 0 Å². The van der Waals surface area contributed by atoms with Gasteiger partial charge in [0.05, 0.1) is 41.5 Å². The number of phenolic OH excluding ortho intramolecular Hbond substituents is 1. The molecule has 0 aromatic heterocycles. The molecule has 0 fully saturated rings. The van der Waals surface area contributed by atoms with E-state index in [-0.39, 0.29) is 18.1 Å². The van der Waals surface area contributed by atoms with Gasteiger partial charge in [-0.25, -0.2) is 0 Å². The van der Waals surface area contributed by atoms with Gasteiger partial charge in [-0.1, -0.05) is 6.07 Å². The molecule has 0 aliphatic heterocycles. The molecule has 0 amide bonds. The van der Waals surface area contributed by atoms with Crippen LogP contribution in [-0.4, -0.2) is 58.3 Å². The van der Waals surface area contributed by atoms with Crippen molar-refractivity contribution in [3.8, 4) is 28.7 Å². The predicted molar refractivity (Wildman–Crippen MR) is 112 cm³/mol. The van der Waals surface area contributed by atoms with E-state index in [1.54, 1.807) is 12.1 Å². The summed E-state index contributed by atoms with van der Waals surface area (Å²) in [4.78, 5) is 12.9. The molecule has 31 heavy (non-hydrogen) atoms. The highest BCUT2D eigenvalue weighted by Crippen LogP contribution is 2.54. The van der Waals surface area contributed by atoms with Crippen molar-refractivity contribution in [1.82, 2.24) is 0 Å². The number of aromatic hydroxyl groups is 1. The Balaban J connectivity index is 2.37. The molecule has 3 rings (SSSR count). The molecule has 0 unspecified atom stereocenters. The molecule has 8 nitrogen and oxygen atoms in total. The molecule has 168 valence electrons. The Kier molecular flexibility index (Phi) is 6.80. The minimum absolute atomic E-state index is 0.0186. The summed E-state index contributed by atoms with van der Waals surface area (Å²) in [6, 6.07) is 6.75. The van der Waals surface area contributed by atoms with Crippen molar-refractivity contribution in [2.75, 3.05) is 42.2 Å². The monoisotopic (exact) mass is 432 g/mol. The van der Waals surface area contributed by atoms with E-state index in [1.165, 1.54) is 41.6 Å². The Morgan fingerprint density at radius 1 is 0.968 bits per heavy atom. The second-order valence-electron chi connectivity index (χ2n) is 7.32. The van der Waals surface area contributed by atoms with Crippen LogP contribution >= 0.6 is 0 Å². The molecule has 1 aliphatic rings. The maximum atomic E-state index is 12.9. The molecule has 0 saturated heterocycles. The zero-order valence-corrected chi connectivity index (χ0v) is 18.3. The standard InChI is InChI=1S/C23H28O8/c1-27-16-9-12(6-7-15(16)25)18-19-13(8-14(11-24)20(18)23(26)31-5)10-17(28-2)21(29-3)22(19)30-4/h6-7,9-10,14,18,20,24-25H,8,11H2,1-5H3/t14-,18-,20-/m0/s1. The molecule has 8 heteroatoms. The van der Waals surface area contributed by atoms with Crippen LogP contribution in [0.4, 0.5) is 0 Å². The Morgan fingerprint density at radius 3 is 2.19 bits per heavy atom. The Labute approximate surface area is 181 Å². The van der Waals surface area contributed by atoms with E-state index in [1.807, 2.05) is 6.07 Å². The zero-order chi connectivity index (χ0) is 22.7. The summed E-state index contributed by atoms with van der Waals surface area (Å²) in [5, 5.41) is 20.2. The molecule has 2 aromatic rings. The second kappa shape index (κ2) is 9.34. The summed E-state index contributed by atoms with van der Waals surface area (Å²) in [5.41, 5.74) is 2.31. The van der Waals surface area contributed by atoms with E-state index in [4.69, 9.17) is 23.7 Å². The van der Waals surface area contributed by atoms with Crippen LogP contribution in [0.15, 0.2) is 24.3 Å². The van der Waals surface area contributed by atoms with E-state index in [0.717, 1.165) is 11.1 Å². The van der Waals surface area contributed by atoms with Gasteiger partial charge in [0.25, 0.3) is 0 Å². The van der Waals surface area contributed by atoms with Crippen LogP contribution in [0, 0.1) is 11.8 Å². The zero-order valence-electron chi connectivity index (χ0n) is 18.3. The number of fused-ring (bicyclic) bond motifs is 1. The highest BCUT2D eigenvalue weighted by atomic mass is 16.5. The van der Waals surface area contributed by atoms with Gasteiger partial charge in [-0.15, -0.1) is 0 Å². The van der Waals surface area contributed by atoms with Crippen molar-refractivity contribution in [2.45, 2.75) is 12.3 Å². The average Bonchev–Trinajstić information content (AvgIpc) is 2.81. The number of esters is 1. The number of hydrogen-bond donors (Lipinski definition) is 2. The number of methoxy groups -OCH3 is 5. The van der Waals surface area contributed by atoms with Crippen LogP contribution in [-0.2, 0) is 16.0 Å². The first-order valence-corrected chi connectivity index (χ1v) is 9.82. The van der Waals surface area contributed by atoms with Gasteiger partial charge in [-0.05, 0) is 35.7 Å². The van der Waals surface area contributed by atoms with Crippen molar-refractivity contribution >= 4 is 5.97 Å². The fourth-order valence-electron chi connectivity index (χ4n) is 4.50. The summed E-state index contributed by atoms with van der Waals surface area (Å²) in [6.07, 6.45) is 0.425. The molecule has 0 spiro atoms. The van der Waals surface area contributed by atoms with Crippen molar-refractivity contribution in [3.05, 3.63) is 41.0 Å². The summed E-state index contributed by atoms with van der Waals surface area (Å²) < 4.78 is 27.2. The average molecular weight is 432 g/mol. The minimum atomic E-state index is -0.691. The first kappa shape index (κ1) is 22.6. The van der Waals surface area contributed by atoms with Crippen molar-refractivity contribution < 1.29 is 38.7 Å². The quantitative estimate of drug-likeness (QED) is 0.644. The highest BCUT2D eigenvalue weighted by molar-refractivity contribution is 5.77. The van der Waals surface area contributed by atoms with Crippen LogP contribution in [0.25, 0.3) is 0 Å². The van der Waals surface area contributed by atoms with Gasteiger partial charge in [-0.3, -0.25) is 4.79 Å². The van der Waals surface area contributed by atoms with E-state index < -0.39 is 23.7 Å². The summed E-state index contributed by atoms with van der Waals surface area (Å²) in [6.45, 7) is -0.207. The van der Waals surface area contributed by atoms with E-state index in [9.17, 15) is 15.0 Å². The molecule has 3 atom stereocenters. The normalized spacial score (nSPS) is 19.9. The van der Waals surface area contributed by atoms with Gasteiger partial charge in [-0.2, -0.15) is 0 Å². The third kappa shape index (κ3) is 3.83. The lowest BCUT2D eigenvalue weighted by Crippen LogP contribution is -2.38. The molecular formula is C23H28O8. The van der Waals surface area contributed by atoms with E-state index in [2.05, 4.69) is 0 Å². The number of hydrogen-bond acceptors (Lipinski definition) is 8. The number of benzene rings is 2. The summed E-state index contributed by atoms with van der Waals surface area (Å²) >= 11 is 0. The third-order valence-electron chi connectivity index (χ3n) is 5.88. The van der Waals surface area contributed by atoms with Gasteiger partial charge in [0.15, 0.2) is 23.0 Å². The number of carbonyl (C=O) groups excluding carboxylic acids is 1. The van der Waals surface area contributed by atoms with Gasteiger partial charge in [0, 0.05) is 24.0 Å². The van der Waals surface area contributed by atoms with Crippen LogP contribution in [0.5, 0.6) is 28.7 Å². The summed E-state index contributed by atoms with van der Waals surface area (Å²) in [5.74, 6) is -0.478. The second-order valence-corrected chi connectivity index (χ2v) is 7.32. The lowest BCUT2D eigenvalue weighted by atomic mass is 9.66. The lowest BCUT2D eigenvalue weighted by Gasteiger charge is -2.39. The van der Waals surface area contributed by atoms with Gasteiger partial charge in [0.1, 0.15) is 0 Å². The van der Waals surface area contributed by atoms with Gasteiger partial charge >= 0.3 is 5.97 Å². The fourth-order valence-corrected chi connectivity index (χ4v) is 4.50. The number of rotatable bonds is 7. The van der Waals surface area contributed by atoms with Crippen LogP contribution in [0.1, 0.15) is 22.6 Å². The van der Waals surface area contributed by atoms with Gasteiger partial charge < -0.3 is 33.9 Å².